The van der Waals surface area contributed by atoms with E-state index in [2.05, 4.69) is 0 Å². The average Bonchev–Trinajstić information content (AvgIpc) is 2.59. The van der Waals surface area contributed by atoms with E-state index < -0.39 is 27.4 Å². The summed E-state index contributed by atoms with van der Waals surface area (Å²) < 4.78 is 32.1. The monoisotopic (exact) mass is 413 g/mol. The largest absolute Gasteiger partial charge is 0.495 e. The molecule has 0 radical (unpaired) electrons. The van der Waals surface area contributed by atoms with E-state index in [1.165, 1.54) is 44.4 Å². The molecule has 0 spiro atoms. The summed E-state index contributed by atoms with van der Waals surface area (Å²) in [5.41, 5.74) is 5.11. The lowest BCUT2D eigenvalue weighted by Crippen LogP contribution is -2.38. The first-order valence-electron chi connectivity index (χ1n) is 7.47. The average molecular weight is 414 g/mol. The number of sulfonamides is 1. The first-order valence-corrected chi connectivity index (χ1v) is 9.29. The molecule has 0 aromatic heterocycles. The number of ether oxygens (including phenoxy) is 1. The Morgan fingerprint density at radius 2 is 1.96 bits per heavy atom. The van der Waals surface area contributed by atoms with Gasteiger partial charge in [-0.15, -0.1) is 0 Å². The van der Waals surface area contributed by atoms with E-state index >= 15 is 0 Å². The third kappa shape index (κ3) is 4.29. The molecule has 11 heteroatoms. The number of carbonyl (C=O) groups is 1. The number of hydrogen-bond donors (Lipinski definition) is 1. The molecular weight excluding hydrogens is 398 g/mol. The highest BCUT2D eigenvalue weighted by molar-refractivity contribution is 7.92. The molecule has 27 heavy (non-hydrogen) atoms. The van der Waals surface area contributed by atoms with E-state index in [9.17, 15) is 23.3 Å². The van der Waals surface area contributed by atoms with Gasteiger partial charge in [-0.1, -0.05) is 17.7 Å². The van der Waals surface area contributed by atoms with Crippen molar-refractivity contribution in [3.63, 3.8) is 0 Å². The van der Waals surface area contributed by atoms with Gasteiger partial charge in [-0.25, -0.2) is 8.42 Å². The summed E-state index contributed by atoms with van der Waals surface area (Å²) in [4.78, 5) is 21.6. The summed E-state index contributed by atoms with van der Waals surface area (Å²) in [7, 11) is -3.06. The number of amides is 1. The van der Waals surface area contributed by atoms with Crippen LogP contribution in [0.4, 0.5) is 11.4 Å². The third-order valence-electron chi connectivity index (χ3n) is 3.67. The van der Waals surface area contributed by atoms with Gasteiger partial charge in [-0.05, 0) is 31.2 Å². The fourth-order valence-electron chi connectivity index (χ4n) is 2.37. The van der Waals surface area contributed by atoms with Gasteiger partial charge >= 0.3 is 0 Å². The summed E-state index contributed by atoms with van der Waals surface area (Å²) in [5.74, 6) is -0.798. The van der Waals surface area contributed by atoms with Crippen LogP contribution in [-0.4, -0.2) is 32.9 Å². The number of methoxy groups -OCH3 is 1. The number of nitro groups is 1. The smallest absolute Gasteiger partial charge is 0.273 e. The molecule has 0 saturated carbocycles. The number of primary amides is 1. The molecule has 2 aromatic carbocycles. The van der Waals surface area contributed by atoms with Gasteiger partial charge in [0.1, 0.15) is 12.3 Å². The predicted molar refractivity (Wildman–Crippen MR) is 99.6 cm³/mol. The minimum Gasteiger partial charge on any atom is -0.495 e. The molecule has 2 rings (SSSR count). The number of benzene rings is 2. The summed E-state index contributed by atoms with van der Waals surface area (Å²) in [6, 6.07) is 7.65. The quantitative estimate of drug-likeness (QED) is 0.546. The van der Waals surface area contributed by atoms with Crippen LogP contribution < -0.4 is 14.8 Å². The number of anilines is 1. The van der Waals surface area contributed by atoms with E-state index in [0.29, 0.717) is 9.87 Å². The highest BCUT2D eigenvalue weighted by Crippen LogP contribution is 2.35. The van der Waals surface area contributed by atoms with Crippen molar-refractivity contribution in [1.82, 2.24) is 0 Å². The second-order valence-electron chi connectivity index (χ2n) is 5.50. The second-order valence-corrected chi connectivity index (χ2v) is 7.80. The van der Waals surface area contributed by atoms with Gasteiger partial charge in [0.05, 0.1) is 22.6 Å². The normalized spacial score (nSPS) is 11.1. The van der Waals surface area contributed by atoms with Gasteiger partial charge in [-0.2, -0.15) is 0 Å². The maximum absolute atomic E-state index is 13.1. The number of hydrogen-bond acceptors (Lipinski definition) is 6. The molecule has 0 unspecified atom stereocenters. The van der Waals surface area contributed by atoms with Crippen LogP contribution in [-0.2, 0) is 14.8 Å². The first kappa shape index (κ1) is 20.5. The lowest BCUT2D eigenvalue weighted by atomic mass is 10.2. The van der Waals surface area contributed by atoms with Gasteiger partial charge < -0.3 is 10.5 Å². The standard InChI is InChI=1S/C16H16ClN3O6S/c1-10-3-5-12(8-13(10)20(22)23)27(24,25)19(9-16(18)21)14-7-11(17)4-6-15(14)26-2/h3-8H,9H2,1-2H3,(H2,18,21). The molecule has 0 aliphatic rings. The number of nitro benzene ring substituents is 1. The highest BCUT2D eigenvalue weighted by atomic mass is 35.5. The molecule has 0 heterocycles. The third-order valence-corrected chi connectivity index (χ3v) is 5.67. The molecule has 0 fully saturated rings. The highest BCUT2D eigenvalue weighted by Gasteiger charge is 2.30. The number of aryl methyl sites for hydroxylation is 1. The first-order chi connectivity index (χ1) is 12.6. The molecule has 0 aliphatic heterocycles. The molecule has 144 valence electrons. The Kier molecular flexibility index (Phi) is 5.91. The van der Waals surface area contributed by atoms with Crippen LogP contribution in [0.25, 0.3) is 0 Å². The zero-order valence-corrected chi connectivity index (χ0v) is 16.0. The molecule has 1 amide bonds. The van der Waals surface area contributed by atoms with E-state index in [4.69, 9.17) is 22.1 Å². The van der Waals surface area contributed by atoms with Gasteiger partial charge in [0.25, 0.3) is 15.7 Å². The number of nitrogens with two attached hydrogens (primary N) is 1. The van der Waals surface area contributed by atoms with Gasteiger partial charge in [0.2, 0.25) is 5.91 Å². The Morgan fingerprint density at radius 1 is 1.30 bits per heavy atom. The molecule has 2 aromatic rings. The van der Waals surface area contributed by atoms with Crippen LogP contribution in [0.1, 0.15) is 5.56 Å². The lowest BCUT2D eigenvalue weighted by molar-refractivity contribution is -0.385. The van der Waals surface area contributed by atoms with Crippen molar-refractivity contribution >= 4 is 38.9 Å². The van der Waals surface area contributed by atoms with Gasteiger partial charge in [0, 0.05) is 16.7 Å². The van der Waals surface area contributed by atoms with Gasteiger partial charge in [0.15, 0.2) is 0 Å². The maximum Gasteiger partial charge on any atom is 0.273 e. The van der Waals surface area contributed by atoms with Crippen LogP contribution in [0.3, 0.4) is 0 Å². The van der Waals surface area contributed by atoms with Crippen molar-refractivity contribution in [2.75, 3.05) is 18.0 Å². The van der Waals surface area contributed by atoms with E-state index in [-0.39, 0.29) is 27.0 Å². The van der Waals surface area contributed by atoms with E-state index in [1.54, 1.807) is 0 Å². The van der Waals surface area contributed by atoms with Crippen LogP contribution in [0.2, 0.25) is 5.02 Å². The molecule has 0 atom stereocenters. The van der Waals surface area contributed by atoms with Crippen molar-refractivity contribution in [2.24, 2.45) is 5.73 Å². The number of carbonyl (C=O) groups excluding carboxylic acids is 1. The molecule has 9 nitrogen and oxygen atoms in total. The minimum atomic E-state index is -4.38. The Labute approximate surface area is 160 Å². The van der Waals surface area contributed by atoms with Crippen LogP contribution >= 0.6 is 11.6 Å². The topological polar surface area (TPSA) is 133 Å². The van der Waals surface area contributed by atoms with E-state index in [1.807, 2.05) is 0 Å². The minimum absolute atomic E-state index is 0.0213. The van der Waals surface area contributed by atoms with Gasteiger partial charge in [-0.3, -0.25) is 19.2 Å². The number of nitrogens with zero attached hydrogens (tertiary/aromatic N) is 2. The van der Waals surface area contributed by atoms with Crippen molar-refractivity contribution in [1.29, 1.82) is 0 Å². The second kappa shape index (κ2) is 7.80. The van der Waals surface area contributed by atoms with Crippen molar-refractivity contribution in [3.8, 4) is 5.75 Å². The fourth-order valence-corrected chi connectivity index (χ4v) is 3.99. The van der Waals surface area contributed by atoms with Crippen LogP contribution in [0.15, 0.2) is 41.3 Å². The maximum atomic E-state index is 13.1. The molecule has 0 bridgehead atoms. The fraction of sp³-hybridized carbons (Fsp3) is 0.188. The molecule has 2 N–H and O–H groups in total. The summed E-state index contributed by atoms with van der Waals surface area (Å²) in [6.07, 6.45) is 0. The Balaban J connectivity index is 2.70. The lowest BCUT2D eigenvalue weighted by Gasteiger charge is -2.25. The Hall–Kier alpha value is -2.85. The van der Waals surface area contributed by atoms with E-state index in [0.717, 1.165) is 6.07 Å². The van der Waals surface area contributed by atoms with Crippen LogP contribution in [0.5, 0.6) is 5.75 Å². The molecular formula is C16H16ClN3O6S. The molecule has 0 saturated heterocycles. The number of halogens is 1. The summed E-state index contributed by atoms with van der Waals surface area (Å²) in [6.45, 7) is 0.774. The molecule has 0 aliphatic carbocycles. The zero-order valence-electron chi connectivity index (χ0n) is 14.4. The van der Waals surface area contributed by atoms with Crippen LogP contribution in [0, 0.1) is 17.0 Å². The van der Waals surface area contributed by atoms with Crippen molar-refractivity contribution < 1.29 is 22.9 Å². The Bertz CT molecular complexity index is 1010. The Morgan fingerprint density at radius 3 is 2.52 bits per heavy atom. The predicted octanol–water partition coefficient (Wildman–Crippen LogP) is 2.25. The van der Waals surface area contributed by atoms with Crippen molar-refractivity contribution in [2.45, 2.75) is 11.8 Å². The SMILES string of the molecule is COc1ccc(Cl)cc1N(CC(N)=O)S(=O)(=O)c1ccc(C)c([N+](=O)[O-])c1. The number of rotatable bonds is 7. The summed E-state index contributed by atoms with van der Waals surface area (Å²) in [5, 5.41) is 11.3. The summed E-state index contributed by atoms with van der Waals surface area (Å²) >= 11 is 5.96. The van der Waals surface area contributed by atoms with Crippen molar-refractivity contribution in [3.05, 3.63) is 57.1 Å². The zero-order chi connectivity index (χ0) is 20.4.